The van der Waals surface area contributed by atoms with Crippen molar-refractivity contribution in [2.24, 2.45) is 5.73 Å². The lowest BCUT2D eigenvalue weighted by Gasteiger charge is -2.10. The van der Waals surface area contributed by atoms with Gasteiger partial charge in [-0.25, -0.2) is 0 Å². The van der Waals surface area contributed by atoms with Crippen LogP contribution in [-0.4, -0.2) is 30.6 Å². The molecule has 0 radical (unpaired) electrons. The van der Waals surface area contributed by atoms with E-state index in [1.165, 1.54) is 12.8 Å². The van der Waals surface area contributed by atoms with Crippen molar-refractivity contribution in [1.29, 1.82) is 0 Å². The Morgan fingerprint density at radius 3 is 2.73 bits per heavy atom. The Morgan fingerprint density at radius 1 is 1.40 bits per heavy atom. The van der Waals surface area contributed by atoms with Gasteiger partial charge in [-0.05, 0) is 24.9 Å². The Hall–Kier alpha value is -0.220. The van der Waals surface area contributed by atoms with Crippen molar-refractivity contribution >= 4 is 17.7 Å². The van der Waals surface area contributed by atoms with E-state index in [-0.39, 0.29) is 5.97 Å². The van der Waals surface area contributed by atoms with E-state index in [1.807, 2.05) is 6.26 Å². The minimum absolute atomic E-state index is 0.249. The first-order valence-corrected chi connectivity index (χ1v) is 7.03. The van der Waals surface area contributed by atoms with Gasteiger partial charge in [-0.15, -0.1) is 0 Å². The van der Waals surface area contributed by atoms with Crippen molar-refractivity contribution in [2.75, 3.05) is 18.6 Å². The molecule has 15 heavy (non-hydrogen) atoms. The molecule has 0 aromatic carbocycles. The first-order valence-electron chi connectivity index (χ1n) is 5.63. The van der Waals surface area contributed by atoms with Crippen LogP contribution in [0.15, 0.2) is 0 Å². The summed E-state index contributed by atoms with van der Waals surface area (Å²) >= 11 is 1.69. The highest BCUT2D eigenvalue weighted by Gasteiger charge is 2.13. The summed E-state index contributed by atoms with van der Waals surface area (Å²) in [5.41, 5.74) is 5.66. The van der Waals surface area contributed by atoms with Crippen molar-refractivity contribution in [3.63, 3.8) is 0 Å². The van der Waals surface area contributed by atoms with Crippen LogP contribution in [0.1, 0.15) is 39.0 Å². The molecule has 0 unspecified atom stereocenters. The van der Waals surface area contributed by atoms with Crippen molar-refractivity contribution < 1.29 is 9.53 Å². The van der Waals surface area contributed by atoms with Crippen LogP contribution in [0.3, 0.4) is 0 Å². The van der Waals surface area contributed by atoms with Crippen molar-refractivity contribution in [2.45, 2.75) is 45.1 Å². The first-order chi connectivity index (χ1) is 7.22. The third kappa shape index (κ3) is 8.75. The van der Waals surface area contributed by atoms with Crippen molar-refractivity contribution in [3.8, 4) is 0 Å². The van der Waals surface area contributed by atoms with Gasteiger partial charge in [0.05, 0.1) is 6.61 Å². The number of nitrogens with two attached hydrogens (primary N) is 1. The van der Waals surface area contributed by atoms with Crippen molar-refractivity contribution in [1.82, 2.24) is 0 Å². The molecule has 0 spiro atoms. The quantitative estimate of drug-likeness (QED) is 0.490. The average molecular weight is 233 g/mol. The van der Waals surface area contributed by atoms with Gasteiger partial charge in [-0.2, -0.15) is 11.8 Å². The van der Waals surface area contributed by atoms with E-state index in [0.717, 1.165) is 18.6 Å². The summed E-state index contributed by atoms with van der Waals surface area (Å²) in [4.78, 5) is 11.3. The van der Waals surface area contributed by atoms with Crippen LogP contribution in [0.25, 0.3) is 0 Å². The number of rotatable bonds is 9. The highest BCUT2D eigenvalue weighted by molar-refractivity contribution is 7.98. The normalized spacial score (nSPS) is 12.5. The molecule has 90 valence electrons. The fourth-order valence-electron chi connectivity index (χ4n) is 1.17. The second kappa shape index (κ2) is 10.3. The predicted molar refractivity (Wildman–Crippen MR) is 66.1 cm³/mol. The van der Waals surface area contributed by atoms with E-state index < -0.39 is 6.04 Å². The van der Waals surface area contributed by atoms with Gasteiger partial charge >= 0.3 is 5.97 Å². The van der Waals surface area contributed by atoms with Crippen LogP contribution in [0, 0.1) is 0 Å². The zero-order chi connectivity index (χ0) is 11.5. The fraction of sp³-hybridized carbons (Fsp3) is 0.909. The van der Waals surface area contributed by atoms with Gasteiger partial charge in [0.25, 0.3) is 0 Å². The molecule has 0 heterocycles. The van der Waals surface area contributed by atoms with Gasteiger partial charge < -0.3 is 10.5 Å². The van der Waals surface area contributed by atoms with E-state index in [0.29, 0.717) is 13.0 Å². The van der Waals surface area contributed by atoms with Gasteiger partial charge in [0, 0.05) is 0 Å². The minimum Gasteiger partial charge on any atom is -0.465 e. The molecular weight excluding hydrogens is 210 g/mol. The molecule has 1 atom stereocenters. The van der Waals surface area contributed by atoms with Gasteiger partial charge in [0.15, 0.2) is 0 Å². The number of ether oxygens (including phenoxy) is 1. The maximum absolute atomic E-state index is 11.3. The zero-order valence-electron chi connectivity index (χ0n) is 9.83. The topological polar surface area (TPSA) is 52.3 Å². The Bertz CT molecular complexity index is 165. The third-order valence-electron chi connectivity index (χ3n) is 2.18. The molecule has 4 heteroatoms. The monoisotopic (exact) mass is 233 g/mol. The molecule has 0 aromatic rings. The molecule has 3 nitrogen and oxygen atoms in total. The number of thioether (sulfide) groups is 1. The second-order valence-electron chi connectivity index (χ2n) is 3.62. The molecule has 0 saturated heterocycles. The number of unbranched alkanes of at least 4 members (excludes halogenated alkanes) is 3. The van der Waals surface area contributed by atoms with E-state index in [4.69, 9.17) is 10.5 Å². The maximum atomic E-state index is 11.3. The lowest BCUT2D eigenvalue weighted by atomic mass is 10.2. The van der Waals surface area contributed by atoms with Crippen LogP contribution in [0.2, 0.25) is 0 Å². The number of carbonyl (C=O) groups excluding carboxylic acids is 1. The molecule has 0 bridgehead atoms. The van der Waals surface area contributed by atoms with Gasteiger partial charge in [-0.1, -0.05) is 26.2 Å². The Kier molecular flexibility index (Phi) is 10.2. The smallest absolute Gasteiger partial charge is 0.322 e. The summed E-state index contributed by atoms with van der Waals surface area (Å²) in [6, 6.07) is -0.441. The lowest BCUT2D eigenvalue weighted by Crippen LogP contribution is -2.33. The molecule has 0 aliphatic rings. The molecule has 0 amide bonds. The summed E-state index contributed by atoms with van der Waals surface area (Å²) in [6.45, 7) is 2.68. The van der Waals surface area contributed by atoms with E-state index in [2.05, 4.69) is 6.92 Å². The Morgan fingerprint density at radius 2 is 2.13 bits per heavy atom. The minimum atomic E-state index is -0.441. The third-order valence-corrected chi connectivity index (χ3v) is 2.82. The Labute approximate surface area is 97.1 Å². The molecule has 0 rings (SSSR count). The van der Waals surface area contributed by atoms with Crippen LogP contribution < -0.4 is 5.73 Å². The van der Waals surface area contributed by atoms with Crippen LogP contribution in [0.5, 0.6) is 0 Å². The average Bonchev–Trinajstić information content (AvgIpc) is 2.25. The lowest BCUT2D eigenvalue weighted by molar-refractivity contribution is -0.145. The number of esters is 1. The van der Waals surface area contributed by atoms with Gasteiger partial charge in [0.2, 0.25) is 0 Å². The largest absolute Gasteiger partial charge is 0.465 e. The molecule has 0 aromatic heterocycles. The molecule has 2 N–H and O–H groups in total. The highest BCUT2D eigenvalue weighted by atomic mass is 32.2. The van der Waals surface area contributed by atoms with E-state index in [1.54, 1.807) is 11.8 Å². The second-order valence-corrected chi connectivity index (χ2v) is 4.60. The molecule has 0 fully saturated rings. The highest BCUT2D eigenvalue weighted by Crippen LogP contribution is 2.02. The summed E-state index contributed by atoms with van der Waals surface area (Å²) in [7, 11) is 0. The SMILES string of the molecule is CCCCCCOC(=O)[C@H](N)CCSC. The van der Waals surface area contributed by atoms with Crippen LogP contribution in [0.4, 0.5) is 0 Å². The maximum Gasteiger partial charge on any atom is 0.322 e. The zero-order valence-corrected chi connectivity index (χ0v) is 10.6. The summed E-state index contributed by atoms with van der Waals surface area (Å²) < 4.78 is 5.07. The summed E-state index contributed by atoms with van der Waals surface area (Å²) in [6.07, 6.45) is 7.19. The van der Waals surface area contributed by atoms with Gasteiger partial charge in [0.1, 0.15) is 6.04 Å². The van der Waals surface area contributed by atoms with Crippen molar-refractivity contribution in [3.05, 3.63) is 0 Å². The molecule has 0 aliphatic heterocycles. The number of hydrogen-bond donors (Lipinski definition) is 1. The van der Waals surface area contributed by atoms with E-state index in [9.17, 15) is 4.79 Å². The summed E-state index contributed by atoms with van der Waals surface area (Å²) in [5.74, 6) is 0.659. The number of carbonyl (C=O) groups is 1. The van der Waals surface area contributed by atoms with Crippen LogP contribution in [-0.2, 0) is 9.53 Å². The first kappa shape index (κ1) is 14.8. The standard InChI is InChI=1S/C11H23NO2S/c1-3-4-5-6-8-14-11(13)10(12)7-9-15-2/h10H,3-9,12H2,1-2H3/t10-/m1/s1. The van der Waals surface area contributed by atoms with E-state index >= 15 is 0 Å². The fourth-order valence-corrected chi connectivity index (χ4v) is 1.66. The Balaban J connectivity index is 3.38. The molecule has 0 aliphatic carbocycles. The van der Waals surface area contributed by atoms with Crippen LogP contribution >= 0.6 is 11.8 Å². The molecule has 0 saturated carbocycles. The van der Waals surface area contributed by atoms with Gasteiger partial charge in [-0.3, -0.25) is 4.79 Å². The summed E-state index contributed by atoms with van der Waals surface area (Å²) in [5, 5.41) is 0. The predicted octanol–water partition coefficient (Wildman–Crippen LogP) is 2.19. The molecular formula is C11H23NO2S. The number of hydrogen-bond acceptors (Lipinski definition) is 4.